The molecule has 4 nitrogen and oxygen atoms in total. The van der Waals surface area contributed by atoms with Gasteiger partial charge in [-0.15, -0.1) is 0 Å². The van der Waals surface area contributed by atoms with Crippen molar-refractivity contribution in [3.63, 3.8) is 0 Å². The number of hydrogen-bond donors (Lipinski definition) is 1. The lowest BCUT2D eigenvalue weighted by atomic mass is 10.1. The molecule has 0 radical (unpaired) electrons. The standard InChI is InChI=1S/C15H25NO3/c1-6-12(10-17)9-16(3)13-8-15(19-5)14(18-4)7-11(13)2/h7-8,12,17H,6,9-10H2,1-5H3. The molecule has 0 aliphatic heterocycles. The Morgan fingerprint density at radius 3 is 2.26 bits per heavy atom. The van der Waals surface area contributed by atoms with Crippen LogP contribution in [-0.4, -0.2) is 39.5 Å². The lowest BCUT2D eigenvalue weighted by molar-refractivity contribution is 0.225. The number of anilines is 1. The van der Waals surface area contributed by atoms with E-state index in [1.807, 2.05) is 26.1 Å². The topological polar surface area (TPSA) is 41.9 Å². The van der Waals surface area contributed by atoms with Crippen molar-refractivity contribution in [2.45, 2.75) is 20.3 Å². The minimum Gasteiger partial charge on any atom is -0.493 e. The Kier molecular flexibility index (Phi) is 5.96. The quantitative estimate of drug-likeness (QED) is 0.824. The summed E-state index contributed by atoms with van der Waals surface area (Å²) in [6, 6.07) is 3.96. The molecule has 1 aromatic rings. The van der Waals surface area contributed by atoms with Crippen LogP contribution in [0.25, 0.3) is 0 Å². The van der Waals surface area contributed by atoms with Crippen LogP contribution in [0.4, 0.5) is 5.69 Å². The van der Waals surface area contributed by atoms with Crippen molar-refractivity contribution in [1.82, 2.24) is 0 Å². The van der Waals surface area contributed by atoms with Crippen molar-refractivity contribution in [2.75, 3.05) is 39.3 Å². The van der Waals surface area contributed by atoms with Gasteiger partial charge in [0.1, 0.15) is 0 Å². The van der Waals surface area contributed by atoms with Crippen LogP contribution < -0.4 is 14.4 Å². The highest BCUT2D eigenvalue weighted by atomic mass is 16.5. The van der Waals surface area contributed by atoms with Gasteiger partial charge in [-0.1, -0.05) is 6.92 Å². The maximum Gasteiger partial charge on any atom is 0.162 e. The summed E-state index contributed by atoms with van der Waals surface area (Å²) < 4.78 is 10.6. The van der Waals surface area contributed by atoms with E-state index in [9.17, 15) is 5.11 Å². The van der Waals surface area contributed by atoms with Gasteiger partial charge in [0, 0.05) is 32.0 Å². The molecule has 0 bridgehead atoms. The smallest absolute Gasteiger partial charge is 0.162 e. The molecule has 0 heterocycles. The Bertz CT molecular complexity index is 403. The zero-order valence-corrected chi connectivity index (χ0v) is 12.6. The number of rotatable bonds is 7. The number of benzene rings is 1. The van der Waals surface area contributed by atoms with Gasteiger partial charge in [-0.3, -0.25) is 0 Å². The summed E-state index contributed by atoms with van der Waals surface area (Å²) in [7, 11) is 5.31. The summed E-state index contributed by atoms with van der Waals surface area (Å²) in [5, 5.41) is 9.30. The lowest BCUT2D eigenvalue weighted by Gasteiger charge is -2.26. The number of methoxy groups -OCH3 is 2. The van der Waals surface area contributed by atoms with Crippen LogP contribution in [0, 0.1) is 12.8 Å². The fourth-order valence-corrected chi connectivity index (χ4v) is 2.18. The molecular weight excluding hydrogens is 242 g/mol. The van der Waals surface area contributed by atoms with Gasteiger partial charge < -0.3 is 19.5 Å². The summed E-state index contributed by atoms with van der Waals surface area (Å²) in [6.07, 6.45) is 0.965. The van der Waals surface area contributed by atoms with Gasteiger partial charge in [-0.2, -0.15) is 0 Å². The minimum atomic E-state index is 0.215. The largest absolute Gasteiger partial charge is 0.493 e. The van der Waals surface area contributed by atoms with Crippen molar-refractivity contribution < 1.29 is 14.6 Å². The second-order valence-electron chi connectivity index (χ2n) is 4.83. The zero-order valence-electron chi connectivity index (χ0n) is 12.6. The summed E-state index contributed by atoms with van der Waals surface area (Å²) in [5.41, 5.74) is 2.23. The first-order chi connectivity index (χ1) is 9.07. The van der Waals surface area contributed by atoms with E-state index in [0.29, 0.717) is 0 Å². The molecule has 0 aromatic heterocycles. The maximum atomic E-state index is 9.30. The van der Waals surface area contributed by atoms with Crippen molar-refractivity contribution in [1.29, 1.82) is 0 Å². The highest BCUT2D eigenvalue weighted by Gasteiger charge is 2.14. The molecule has 0 aliphatic carbocycles. The van der Waals surface area contributed by atoms with E-state index >= 15 is 0 Å². The SMILES string of the molecule is CCC(CO)CN(C)c1cc(OC)c(OC)cc1C. The first-order valence-electron chi connectivity index (χ1n) is 6.61. The summed E-state index contributed by atoms with van der Waals surface area (Å²) >= 11 is 0. The van der Waals surface area contributed by atoms with E-state index in [-0.39, 0.29) is 12.5 Å². The van der Waals surface area contributed by atoms with Gasteiger partial charge in [0.25, 0.3) is 0 Å². The van der Waals surface area contributed by atoms with Gasteiger partial charge in [0.15, 0.2) is 11.5 Å². The van der Waals surface area contributed by atoms with Gasteiger partial charge in [0.2, 0.25) is 0 Å². The molecule has 4 heteroatoms. The highest BCUT2D eigenvalue weighted by molar-refractivity contribution is 5.61. The number of aliphatic hydroxyl groups excluding tert-OH is 1. The Morgan fingerprint density at radius 2 is 1.79 bits per heavy atom. The maximum absolute atomic E-state index is 9.30. The van der Waals surface area contributed by atoms with Crippen LogP contribution in [0.15, 0.2) is 12.1 Å². The molecule has 1 aromatic carbocycles. The predicted octanol–water partition coefficient (Wildman–Crippen LogP) is 2.47. The van der Waals surface area contributed by atoms with E-state index in [1.165, 1.54) is 0 Å². The predicted molar refractivity (Wildman–Crippen MR) is 78.4 cm³/mol. The second kappa shape index (κ2) is 7.24. The molecule has 1 atom stereocenters. The molecule has 108 valence electrons. The molecule has 1 N–H and O–H groups in total. The summed E-state index contributed by atoms with van der Waals surface area (Å²) in [5.74, 6) is 1.76. The van der Waals surface area contributed by atoms with E-state index < -0.39 is 0 Å². The molecule has 0 amide bonds. The van der Waals surface area contributed by atoms with Crippen LogP contribution in [0.2, 0.25) is 0 Å². The van der Waals surface area contributed by atoms with E-state index in [1.54, 1.807) is 14.2 Å². The van der Waals surface area contributed by atoms with Crippen LogP contribution >= 0.6 is 0 Å². The monoisotopic (exact) mass is 267 g/mol. The Balaban J connectivity index is 2.99. The van der Waals surface area contributed by atoms with Gasteiger partial charge in [-0.25, -0.2) is 0 Å². The third kappa shape index (κ3) is 3.77. The molecular formula is C15H25NO3. The third-order valence-corrected chi connectivity index (χ3v) is 3.48. The van der Waals surface area contributed by atoms with E-state index in [0.717, 1.165) is 35.7 Å². The molecule has 0 aliphatic rings. The lowest BCUT2D eigenvalue weighted by Crippen LogP contribution is -2.27. The zero-order chi connectivity index (χ0) is 14.4. The van der Waals surface area contributed by atoms with E-state index in [2.05, 4.69) is 11.8 Å². The molecule has 1 unspecified atom stereocenters. The molecule has 19 heavy (non-hydrogen) atoms. The van der Waals surface area contributed by atoms with E-state index in [4.69, 9.17) is 9.47 Å². The average molecular weight is 267 g/mol. The first kappa shape index (κ1) is 15.6. The van der Waals surface area contributed by atoms with Crippen molar-refractivity contribution >= 4 is 5.69 Å². The van der Waals surface area contributed by atoms with Crippen molar-refractivity contribution in [3.8, 4) is 11.5 Å². The summed E-state index contributed by atoms with van der Waals surface area (Å²) in [6.45, 7) is 5.18. The fourth-order valence-electron chi connectivity index (χ4n) is 2.18. The van der Waals surface area contributed by atoms with Crippen LogP contribution in [0.5, 0.6) is 11.5 Å². The van der Waals surface area contributed by atoms with Crippen molar-refractivity contribution in [2.24, 2.45) is 5.92 Å². The van der Waals surface area contributed by atoms with Gasteiger partial charge >= 0.3 is 0 Å². The summed E-state index contributed by atoms with van der Waals surface area (Å²) in [4.78, 5) is 2.15. The minimum absolute atomic E-state index is 0.215. The van der Waals surface area contributed by atoms with Gasteiger partial charge in [-0.05, 0) is 30.9 Å². The second-order valence-corrected chi connectivity index (χ2v) is 4.83. The number of ether oxygens (including phenoxy) is 2. The number of nitrogens with zero attached hydrogens (tertiary/aromatic N) is 1. The van der Waals surface area contributed by atoms with Crippen LogP contribution in [0.1, 0.15) is 18.9 Å². The molecule has 1 rings (SSSR count). The van der Waals surface area contributed by atoms with Gasteiger partial charge in [0.05, 0.1) is 14.2 Å². The first-order valence-corrected chi connectivity index (χ1v) is 6.61. The third-order valence-electron chi connectivity index (χ3n) is 3.48. The normalized spacial score (nSPS) is 12.1. The van der Waals surface area contributed by atoms with Crippen LogP contribution in [-0.2, 0) is 0 Å². The van der Waals surface area contributed by atoms with Crippen LogP contribution in [0.3, 0.4) is 0 Å². The van der Waals surface area contributed by atoms with Crippen molar-refractivity contribution in [3.05, 3.63) is 17.7 Å². The molecule has 0 saturated carbocycles. The average Bonchev–Trinajstić information content (AvgIpc) is 2.43. The number of aryl methyl sites for hydroxylation is 1. The fraction of sp³-hybridized carbons (Fsp3) is 0.600. The Hall–Kier alpha value is -1.42. The Labute approximate surface area is 115 Å². The number of aliphatic hydroxyl groups is 1. The highest BCUT2D eigenvalue weighted by Crippen LogP contribution is 2.34. The molecule has 0 saturated heterocycles. The number of hydrogen-bond acceptors (Lipinski definition) is 4. The molecule has 0 spiro atoms. The molecule has 0 fully saturated rings. The Morgan fingerprint density at radius 1 is 1.21 bits per heavy atom.